The quantitative estimate of drug-likeness (QED) is 0.0945. The van der Waals surface area contributed by atoms with Crippen molar-refractivity contribution in [2.75, 3.05) is 27.3 Å². The summed E-state index contributed by atoms with van der Waals surface area (Å²) in [5, 5.41) is 5.43. The van der Waals surface area contributed by atoms with Crippen LogP contribution in [0.2, 0.25) is 0 Å². The van der Waals surface area contributed by atoms with Crippen LogP contribution in [0.25, 0.3) is 44.8 Å². The van der Waals surface area contributed by atoms with Gasteiger partial charge in [-0.25, -0.2) is 19.6 Å². The molecule has 1 spiro atoms. The fourth-order valence-electron chi connectivity index (χ4n) is 11.0. The molecule has 0 radical (unpaired) electrons. The van der Waals surface area contributed by atoms with Gasteiger partial charge in [0.2, 0.25) is 11.8 Å². The number of hydrogen-bond donors (Lipinski definition) is 4. The first kappa shape index (κ1) is 46.3. The molecule has 4 amide bonds. The average Bonchev–Trinajstić information content (AvgIpc) is 4.22. The second kappa shape index (κ2) is 19.1. The number of alkyl carbamates (subject to hydrolysis) is 2. The van der Waals surface area contributed by atoms with Gasteiger partial charge in [0.05, 0.1) is 50.1 Å². The SMILES string of the molecule is COC(=O)N[C@H](C(=O)N1CCC[C@H]1c1ncc(-c2ccc(-c3cc(-c4ccc(-c5cnc([C@H]6CCCN6C(=O)[C@H](NC(=O)OC)C(C)C)[nH]5)cc4)cc4c3C(=O)C3(CCCC3)C4)cc2)[nH]1)C(C)C. The summed E-state index contributed by atoms with van der Waals surface area (Å²) in [5.74, 6) is 1.12. The van der Waals surface area contributed by atoms with E-state index in [0.29, 0.717) is 24.7 Å². The number of likely N-dealkylation sites (tertiary alicyclic amines) is 2. The van der Waals surface area contributed by atoms with E-state index in [9.17, 15) is 24.0 Å². The Labute approximate surface area is 397 Å². The summed E-state index contributed by atoms with van der Waals surface area (Å²) in [6, 6.07) is 19.1. The first-order valence-corrected chi connectivity index (χ1v) is 24.1. The Morgan fingerprint density at radius 3 is 1.56 bits per heavy atom. The van der Waals surface area contributed by atoms with Gasteiger partial charge in [-0.15, -0.1) is 0 Å². The van der Waals surface area contributed by atoms with Gasteiger partial charge in [-0.05, 0) is 102 Å². The summed E-state index contributed by atoms with van der Waals surface area (Å²) in [6.07, 6.45) is 10.2. The minimum absolute atomic E-state index is 0.123. The number of imidazole rings is 2. The van der Waals surface area contributed by atoms with Gasteiger partial charge in [0.15, 0.2) is 5.78 Å². The van der Waals surface area contributed by atoms with E-state index in [-0.39, 0.29) is 46.9 Å². The molecule has 4 aliphatic rings. The number of carbonyl (C=O) groups excluding carboxylic acids is 5. The molecule has 68 heavy (non-hydrogen) atoms. The number of ketones is 1. The average molecular weight is 923 g/mol. The zero-order valence-electron chi connectivity index (χ0n) is 39.8. The molecule has 2 aromatic heterocycles. The Morgan fingerprint density at radius 1 is 0.647 bits per heavy atom. The van der Waals surface area contributed by atoms with E-state index in [2.05, 4.69) is 81.3 Å². The van der Waals surface area contributed by atoms with Crippen LogP contribution in [-0.2, 0) is 25.5 Å². The number of hydrogen-bond acceptors (Lipinski definition) is 9. The van der Waals surface area contributed by atoms with Crippen LogP contribution in [0.5, 0.6) is 0 Å². The molecule has 0 bridgehead atoms. The van der Waals surface area contributed by atoms with Crippen molar-refractivity contribution < 1.29 is 33.4 Å². The molecule has 3 aromatic carbocycles. The first-order valence-electron chi connectivity index (χ1n) is 24.1. The van der Waals surface area contributed by atoms with Crippen LogP contribution in [0.3, 0.4) is 0 Å². The Hall–Kier alpha value is -6.77. The van der Waals surface area contributed by atoms with Crippen molar-refractivity contribution in [2.24, 2.45) is 17.3 Å². The number of nitrogens with one attached hydrogen (secondary N) is 4. The van der Waals surface area contributed by atoms with Gasteiger partial charge < -0.3 is 39.9 Å². The van der Waals surface area contributed by atoms with E-state index < -0.39 is 24.3 Å². The molecule has 1 saturated carbocycles. The molecule has 4 heterocycles. The highest BCUT2D eigenvalue weighted by atomic mass is 16.5. The highest BCUT2D eigenvalue weighted by Gasteiger charge is 2.48. The number of nitrogens with zero attached hydrogens (tertiary/aromatic N) is 4. The Balaban J connectivity index is 0.956. The number of aromatic amines is 2. The molecular weight excluding hydrogens is 861 g/mol. The van der Waals surface area contributed by atoms with E-state index in [4.69, 9.17) is 19.4 Å². The summed E-state index contributed by atoms with van der Waals surface area (Å²) < 4.78 is 9.59. The van der Waals surface area contributed by atoms with Crippen LogP contribution in [0.1, 0.15) is 119 Å². The monoisotopic (exact) mass is 922 g/mol. The lowest BCUT2D eigenvalue weighted by Crippen LogP contribution is -2.51. The zero-order chi connectivity index (χ0) is 47.9. The molecule has 2 aliphatic carbocycles. The number of carbonyl (C=O) groups is 5. The maximum absolute atomic E-state index is 14.5. The van der Waals surface area contributed by atoms with Crippen molar-refractivity contribution in [1.29, 1.82) is 0 Å². The Kier molecular flexibility index (Phi) is 13.0. The van der Waals surface area contributed by atoms with E-state index in [0.717, 1.165) is 114 Å². The van der Waals surface area contributed by atoms with Gasteiger partial charge in [-0.1, -0.05) is 95.1 Å². The highest BCUT2D eigenvalue weighted by Crippen LogP contribution is 2.52. The molecular formula is C53H62N8O7. The van der Waals surface area contributed by atoms with Gasteiger partial charge in [0, 0.05) is 24.1 Å². The molecule has 0 unspecified atom stereocenters. The molecule has 2 aliphatic heterocycles. The van der Waals surface area contributed by atoms with Gasteiger partial charge in [-0.3, -0.25) is 14.4 Å². The van der Waals surface area contributed by atoms with E-state index in [1.165, 1.54) is 14.2 Å². The largest absolute Gasteiger partial charge is 0.453 e. The topological polar surface area (TPSA) is 192 Å². The van der Waals surface area contributed by atoms with Gasteiger partial charge >= 0.3 is 12.2 Å². The Morgan fingerprint density at radius 2 is 1.10 bits per heavy atom. The lowest BCUT2D eigenvalue weighted by Gasteiger charge is -2.30. The number of ether oxygens (including phenoxy) is 2. The number of Topliss-reactive ketones (excluding diaryl/α,β-unsaturated/α-hetero) is 1. The van der Waals surface area contributed by atoms with Gasteiger partial charge in [0.1, 0.15) is 23.7 Å². The zero-order valence-corrected chi connectivity index (χ0v) is 39.8. The van der Waals surface area contributed by atoms with Gasteiger partial charge in [0.25, 0.3) is 0 Å². The summed E-state index contributed by atoms with van der Waals surface area (Å²) in [4.78, 5) is 86.2. The molecule has 15 heteroatoms. The molecule has 3 fully saturated rings. The fourth-order valence-corrected chi connectivity index (χ4v) is 11.0. The van der Waals surface area contributed by atoms with Crippen molar-refractivity contribution in [3.05, 3.63) is 95.8 Å². The van der Waals surface area contributed by atoms with Gasteiger partial charge in [-0.2, -0.15) is 0 Å². The normalized spacial score (nSPS) is 19.4. The van der Waals surface area contributed by atoms with Crippen molar-refractivity contribution in [2.45, 2.75) is 110 Å². The summed E-state index contributed by atoms with van der Waals surface area (Å²) >= 11 is 0. The number of amides is 4. The summed E-state index contributed by atoms with van der Waals surface area (Å²) in [7, 11) is 2.58. The van der Waals surface area contributed by atoms with E-state index >= 15 is 0 Å². The number of methoxy groups -OCH3 is 2. The fraction of sp³-hybridized carbons (Fsp3) is 0.453. The van der Waals surface area contributed by atoms with Crippen LogP contribution in [-0.4, -0.2) is 98.9 Å². The van der Waals surface area contributed by atoms with Crippen molar-refractivity contribution in [3.63, 3.8) is 0 Å². The summed E-state index contributed by atoms with van der Waals surface area (Å²) in [5.41, 5.74) is 9.12. The lowest BCUT2D eigenvalue weighted by atomic mass is 9.81. The molecule has 9 rings (SSSR count). The predicted octanol–water partition coefficient (Wildman–Crippen LogP) is 9.19. The maximum Gasteiger partial charge on any atom is 0.407 e. The second-order valence-electron chi connectivity index (χ2n) is 19.7. The van der Waals surface area contributed by atoms with Crippen molar-refractivity contribution >= 4 is 29.8 Å². The number of rotatable bonds is 12. The maximum atomic E-state index is 14.5. The van der Waals surface area contributed by atoms with Crippen LogP contribution in [0.4, 0.5) is 9.59 Å². The standard InChI is InChI=1S/C53H62N8O7/c1-30(2)44(58-51(65)67-5)49(63)60-23-9-11-41(60)47-54-28-39(56-47)34-17-13-32(14-18-34)36-25-37-27-53(21-7-8-22-53)46(62)43(37)38(26-36)33-15-19-35(20-16-33)40-29-55-48(57-40)42-12-10-24-61(42)50(64)45(31(3)4)59-52(66)68-6/h13-20,25-26,28-31,41-42,44-45H,7-12,21-24,27H2,1-6H3,(H,54,56)(H,55,57)(H,58,65)(H,59,66)/t41-,42+,44-,45+/m1/s1. The first-order chi connectivity index (χ1) is 32.8. The molecule has 4 atom stereocenters. The van der Waals surface area contributed by atoms with Crippen LogP contribution >= 0.6 is 0 Å². The molecule has 15 nitrogen and oxygen atoms in total. The summed E-state index contributed by atoms with van der Waals surface area (Å²) in [6.45, 7) is 8.76. The molecule has 2 saturated heterocycles. The lowest BCUT2D eigenvalue weighted by molar-refractivity contribution is -0.136. The van der Waals surface area contributed by atoms with Crippen LogP contribution in [0, 0.1) is 17.3 Å². The third-order valence-electron chi connectivity index (χ3n) is 14.7. The molecule has 356 valence electrons. The number of aromatic nitrogens is 4. The highest BCUT2D eigenvalue weighted by molar-refractivity contribution is 6.11. The van der Waals surface area contributed by atoms with E-state index in [1.54, 1.807) is 6.20 Å². The number of benzene rings is 3. The second-order valence-corrected chi connectivity index (χ2v) is 19.7. The number of fused-ring (bicyclic) bond motifs is 1. The molecule has 4 N–H and O–H groups in total. The van der Waals surface area contributed by atoms with Crippen LogP contribution < -0.4 is 10.6 Å². The van der Waals surface area contributed by atoms with E-state index in [1.807, 2.05) is 43.7 Å². The van der Waals surface area contributed by atoms with Crippen LogP contribution in [0.15, 0.2) is 73.1 Å². The third kappa shape index (κ3) is 8.78. The third-order valence-corrected chi connectivity index (χ3v) is 14.7. The van der Waals surface area contributed by atoms with Crippen molar-refractivity contribution in [1.82, 2.24) is 40.4 Å². The predicted molar refractivity (Wildman–Crippen MR) is 257 cm³/mol. The minimum atomic E-state index is -0.714. The smallest absolute Gasteiger partial charge is 0.407 e. The Bertz CT molecular complexity index is 2700. The number of H-pyrrole nitrogens is 2. The minimum Gasteiger partial charge on any atom is -0.453 e. The molecule has 5 aromatic rings. The van der Waals surface area contributed by atoms with Crippen molar-refractivity contribution in [3.8, 4) is 44.8 Å².